The average Bonchev–Trinajstić information content (AvgIpc) is 2.75. The second-order valence-electron chi connectivity index (χ2n) is 9.10. The molecular weight excluding hydrogens is 380 g/mol. The van der Waals surface area contributed by atoms with E-state index in [4.69, 9.17) is 14.6 Å². The zero-order valence-corrected chi connectivity index (χ0v) is 19.6. The molecular formula is C25H50O5. The molecule has 4 atom stereocenters. The Morgan fingerprint density at radius 3 is 1.53 bits per heavy atom. The molecule has 1 rings (SSSR count). The number of aliphatic hydroxyl groups is 3. The van der Waals surface area contributed by atoms with Crippen LogP contribution in [0.15, 0.2) is 0 Å². The molecule has 0 spiro atoms. The van der Waals surface area contributed by atoms with Crippen molar-refractivity contribution in [1.82, 2.24) is 0 Å². The van der Waals surface area contributed by atoms with Crippen molar-refractivity contribution in [1.29, 1.82) is 0 Å². The molecule has 0 aromatic heterocycles. The summed E-state index contributed by atoms with van der Waals surface area (Å²) in [5, 5.41) is 28.9. The maximum Gasteiger partial charge on any atom is 0.111 e. The average molecular weight is 431 g/mol. The van der Waals surface area contributed by atoms with Gasteiger partial charge in [0, 0.05) is 6.61 Å². The fraction of sp³-hybridized carbons (Fsp3) is 1.00. The molecule has 0 bridgehead atoms. The van der Waals surface area contributed by atoms with Crippen LogP contribution in [0.1, 0.15) is 116 Å². The first-order valence-corrected chi connectivity index (χ1v) is 12.9. The first-order chi connectivity index (χ1) is 14.7. The maximum atomic E-state index is 10.0. The lowest BCUT2D eigenvalue weighted by atomic mass is 10.0. The third-order valence-electron chi connectivity index (χ3n) is 6.35. The zero-order valence-electron chi connectivity index (χ0n) is 19.6. The van der Waals surface area contributed by atoms with E-state index in [2.05, 4.69) is 6.92 Å². The fourth-order valence-corrected chi connectivity index (χ4v) is 4.22. The van der Waals surface area contributed by atoms with Gasteiger partial charge in [0.1, 0.15) is 24.4 Å². The number of unbranched alkanes of at least 4 members (excludes halogenated alkanes) is 16. The third kappa shape index (κ3) is 13.3. The molecule has 0 saturated carbocycles. The Bertz CT molecular complexity index is 365. The molecule has 1 fully saturated rings. The minimum absolute atomic E-state index is 0.225. The molecule has 3 N–H and O–H groups in total. The molecule has 5 heteroatoms. The van der Waals surface area contributed by atoms with E-state index in [9.17, 15) is 10.2 Å². The minimum Gasteiger partial charge on any atom is -0.394 e. The third-order valence-corrected chi connectivity index (χ3v) is 6.35. The van der Waals surface area contributed by atoms with Crippen molar-refractivity contribution < 1.29 is 24.8 Å². The number of aliphatic hydroxyl groups excluding tert-OH is 3. The quantitative estimate of drug-likeness (QED) is 0.233. The Balaban J connectivity index is 1.78. The van der Waals surface area contributed by atoms with E-state index < -0.39 is 24.4 Å². The molecule has 1 saturated heterocycles. The summed E-state index contributed by atoms with van der Waals surface area (Å²) in [4.78, 5) is 0. The van der Waals surface area contributed by atoms with Gasteiger partial charge in [-0.1, -0.05) is 110 Å². The highest BCUT2D eigenvalue weighted by molar-refractivity contribution is 4.87. The number of hydrogen-bond acceptors (Lipinski definition) is 5. The van der Waals surface area contributed by atoms with Gasteiger partial charge in [0.25, 0.3) is 0 Å². The van der Waals surface area contributed by atoms with E-state index in [1.807, 2.05) is 0 Å². The van der Waals surface area contributed by atoms with Gasteiger partial charge in [0.05, 0.1) is 13.2 Å². The lowest BCUT2D eigenvalue weighted by Crippen LogP contribution is -2.55. The molecule has 5 nitrogen and oxygen atoms in total. The van der Waals surface area contributed by atoms with Crippen LogP contribution in [0.25, 0.3) is 0 Å². The van der Waals surface area contributed by atoms with Gasteiger partial charge in [0.2, 0.25) is 0 Å². The van der Waals surface area contributed by atoms with Gasteiger partial charge in [-0.25, -0.2) is 0 Å². The summed E-state index contributed by atoms with van der Waals surface area (Å²) < 4.78 is 11.0. The summed E-state index contributed by atoms with van der Waals surface area (Å²) in [6, 6.07) is 0. The lowest BCUT2D eigenvalue weighted by Gasteiger charge is -2.36. The molecule has 30 heavy (non-hydrogen) atoms. The van der Waals surface area contributed by atoms with E-state index >= 15 is 0 Å². The molecule has 0 amide bonds. The van der Waals surface area contributed by atoms with Crippen LogP contribution in [-0.2, 0) is 9.47 Å². The molecule has 0 aliphatic carbocycles. The molecule has 0 unspecified atom stereocenters. The van der Waals surface area contributed by atoms with Crippen LogP contribution in [0.2, 0.25) is 0 Å². The van der Waals surface area contributed by atoms with E-state index in [-0.39, 0.29) is 13.2 Å². The first-order valence-electron chi connectivity index (χ1n) is 12.9. The Hall–Kier alpha value is -0.200. The molecule has 1 aliphatic rings. The van der Waals surface area contributed by atoms with Crippen molar-refractivity contribution in [3.05, 3.63) is 0 Å². The van der Waals surface area contributed by atoms with Gasteiger partial charge in [-0.15, -0.1) is 0 Å². The van der Waals surface area contributed by atoms with Gasteiger partial charge >= 0.3 is 0 Å². The van der Waals surface area contributed by atoms with Crippen molar-refractivity contribution in [3.8, 4) is 0 Å². The Labute approximate surface area is 185 Å². The zero-order chi connectivity index (χ0) is 21.9. The van der Waals surface area contributed by atoms with Crippen molar-refractivity contribution in [3.63, 3.8) is 0 Å². The molecule has 1 heterocycles. The van der Waals surface area contributed by atoms with Gasteiger partial charge < -0.3 is 24.8 Å². The predicted octanol–water partition coefficient (Wildman–Crippen LogP) is 5.14. The molecule has 180 valence electrons. The largest absolute Gasteiger partial charge is 0.394 e. The van der Waals surface area contributed by atoms with Crippen LogP contribution in [-0.4, -0.2) is 59.6 Å². The second-order valence-corrected chi connectivity index (χ2v) is 9.10. The minimum atomic E-state index is -1.08. The predicted molar refractivity (Wildman–Crippen MR) is 123 cm³/mol. The van der Waals surface area contributed by atoms with Crippen molar-refractivity contribution in [2.75, 3.05) is 19.8 Å². The SMILES string of the molecule is CCCCCCCCCCCCCCCCCCCO[C@H]1CO[C@H](CO)[C@@H](O)[C@@H]1O. The van der Waals surface area contributed by atoms with Crippen LogP contribution in [0.5, 0.6) is 0 Å². The lowest BCUT2D eigenvalue weighted by molar-refractivity contribution is -0.208. The maximum absolute atomic E-state index is 10.0. The Morgan fingerprint density at radius 1 is 0.667 bits per heavy atom. The first kappa shape index (κ1) is 27.8. The summed E-state index contributed by atoms with van der Waals surface area (Å²) in [5.74, 6) is 0. The highest BCUT2D eigenvalue weighted by atomic mass is 16.6. The smallest absolute Gasteiger partial charge is 0.111 e. The van der Waals surface area contributed by atoms with Crippen LogP contribution in [0, 0.1) is 0 Å². The summed E-state index contributed by atoms with van der Waals surface area (Å²) in [6.45, 7) is 2.80. The van der Waals surface area contributed by atoms with E-state index in [1.54, 1.807) is 0 Å². The topological polar surface area (TPSA) is 79.2 Å². The van der Waals surface area contributed by atoms with Crippen molar-refractivity contribution in [2.45, 2.75) is 140 Å². The number of rotatable bonds is 20. The summed E-state index contributed by atoms with van der Waals surface area (Å²) >= 11 is 0. The van der Waals surface area contributed by atoms with Gasteiger partial charge in [0.15, 0.2) is 0 Å². The standard InChI is InChI=1S/C25H50O5/c1-2-3-4-5-6-7-8-9-10-11-12-13-14-15-16-17-18-19-29-23-21-30-22(20-26)24(27)25(23)28/h22-28H,2-21H2,1H3/t22-,23+,24-,25-/m1/s1. The van der Waals surface area contributed by atoms with E-state index in [1.165, 1.54) is 96.3 Å². The van der Waals surface area contributed by atoms with Crippen LogP contribution < -0.4 is 0 Å². The number of ether oxygens (including phenoxy) is 2. The number of hydrogen-bond donors (Lipinski definition) is 3. The van der Waals surface area contributed by atoms with Crippen molar-refractivity contribution in [2.24, 2.45) is 0 Å². The van der Waals surface area contributed by atoms with Crippen LogP contribution in [0.3, 0.4) is 0 Å². The Morgan fingerprint density at radius 2 is 1.10 bits per heavy atom. The van der Waals surface area contributed by atoms with Gasteiger partial charge in [-0.3, -0.25) is 0 Å². The van der Waals surface area contributed by atoms with Crippen LogP contribution >= 0.6 is 0 Å². The molecule has 0 aromatic rings. The van der Waals surface area contributed by atoms with Gasteiger partial charge in [-0.2, -0.15) is 0 Å². The molecule has 0 aromatic carbocycles. The normalized spacial score (nSPS) is 24.4. The van der Waals surface area contributed by atoms with Crippen LogP contribution in [0.4, 0.5) is 0 Å². The molecule has 0 radical (unpaired) electrons. The van der Waals surface area contributed by atoms with Gasteiger partial charge in [-0.05, 0) is 6.42 Å². The highest BCUT2D eigenvalue weighted by Gasteiger charge is 2.38. The fourth-order valence-electron chi connectivity index (χ4n) is 4.22. The molecule has 1 aliphatic heterocycles. The van der Waals surface area contributed by atoms with E-state index in [0.717, 1.165) is 12.8 Å². The summed E-state index contributed by atoms with van der Waals surface area (Å²) in [6.07, 6.45) is 19.6. The summed E-state index contributed by atoms with van der Waals surface area (Å²) in [5.41, 5.74) is 0. The van der Waals surface area contributed by atoms with E-state index in [0.29, 0.717) is 6.61 Å². The summed E-state index contributed by atoms with van der Waals surface area (Å²) in [7, 11) is 0. The Kier molecular flexibility index (Phi) is 18.1. The monoisotopic (exact) mass is 430 g/mol. The second kappa shape index (κ2) is 19.5. The van der Waals surface area contributed by atoms with Crippen molar-refractivity contribution >= 4 is 0 Å². The highest BCUT2D eigenvalue weighted by Crippen LogP contribution is 2.18.